The third-order valence-electron chi connectivity index (χ3n) is 5.68. The molecule has 0 spiro atoms. The average molecular weight is 466 g/mol. The quantitative estimate of drug-likeness (QED) is 0.304. The fourth-order valence-corrected chi connectivity index (χ4v) is 3.78. The van der Waals surface area contributed by atoms with Crippen molar-refractivity contribution in [3.8, 4) is 17.2 Å². The SMILES string of the molecule is CCc1ccc(NC(=O)COc2ccc3c(=O)c(Oc4ccc5ccccc5c4)coc3c2)cc1. The molecule has 174 valence electrons. The summed E-state index contributed by atoms with van der Waals surface area (Å²) in [6.07, 6.45) is 2.22. The van der Waals surface area contributed by atoms with Gasteiger partial charge in [-0.05, 0) is 59.2 Å². The van der Waals surface area contributed by atoms with Gasteiger partial charge < -0.3 is 19.2 Å². The Hall–Kier alpha value is -4.58. The highest BCUT2D eigenvalue weighted by Gasteiger charge is 2.12. The molecular weight excluding hydrogens is 442 g/mol. The maximum absolute atomic E-state index is 12.9. The van der Waals surface area contributed by atoms with E-state index in [9.17, 15) is 9.59 Å². The molecule has 0 saturated carbocycles. The average Bonchev–Trinajstić information content (AvgIpc) is 2.89. The first-order chi connectivity index (χ1) is 17.1. The van der Waals surface area contributed by atoms with Gasteiger partial charge in [0.2, 0.25) is 11.2 Å². The van der Waals surface area contributed by atoms with Gasteiger partial charge in [-0.2, -0.15) is 0 Å². The number of hydrogen-bond donors (Lipinski definition) is 1. The molecule has 4 aromatic carbocycles. The van der Waals surface area contributed by atoms with Gasteiger partial charge in [-0.15, -0.1) is 0 Å². The normalized spacial score (nSPS) is 10.9. The van der Waals surface area contributed by atoms with E-state index < -0.39 is 0 Å². The van der Waals surface area contributed by atoms with Crippen molar-refractivity contribution in [2.45, 2.75) is 13.3 Å². The highest BCUT2D eigenvalue weighted by Crippen LogP contribution is 2.26. The van der Waals surface area contributed by atoms with E-state index in [2.05, 4.69) is 12.2 Å². The number of ether oxygens (including phenoxy) is 2. The summed E-state index contributed by atoms with van der Waals surface area (Å²) < 4.78 is 17.1. The van der Waals surface area contributed by atoms with Gasteiger partial charge in [0.15, 0.2) is 6.61 Å². The van der Waals surface area contributed by atoms with Crippen molar-refractivity contribution < 1.29 is 18.7 Å². The number of amides is 1. The van der Waals surface area contributed by atoms with E-state index in [1.807, 2.05) is 66.7 Å². The number of rotatable bonds is 7. The zero-order chi connectivity index (χ0) is 24.2. The topological polar surface area (TPSA) is 77.8 Å². The largest absolute Gasteiger partial charge is 0.484 e. The Labute approximate surface area is 201 Å². The number of anilines is 1. The molecule has 0 bridgehead atoms. The molecule has 0 aliphatic carbocycles. The minimum absolute atomic E-state index is 0.0925. The van der Waals surface area contributed by atoms with Gasteiger partial charge in [0.05, 0.1) is 5.39 Å². The summed E-state index contributed by atoms with van der Waals surface area (Å²) in [5, 5.41) is 5.25. The fraction of sp³-hybridized carbons (Fsp3) is 0.103. The number of hydrogen-bond acceptors (Lipinski definition) is 5. The second kappa shape index (κ2) is 9.73. The van der Waals surface area contributed by atoms with Crippen LogP contribution in [0.15, 0.2) is 100 Å². The van der Waals surface area contributed by atoms with E-state index in [1.54, 1.807) is 18.2 Å². The third kappa shape index (κ3) is 5.01. The van der Waals surface area contributed by atoms with Crippen LogP contribution in [0.2, 0.25) is 0 Å². The number of carbonyl (C=O) groups is 1. The lowest BCUT2D eigenvalue weighted by molar-refractivity contribution is -0.118. The summed E-state index contributed by atoms with van der Waals surface area (Å²) in [5.41, 5.74) is 1.95. The Morgan fingerprint density at radius 2 is 1.66 bits per heavy atom. The van der Waals surface area contributed by atoms with E-state index in [4.69, 9.17) is 13.9 Å². The molecule has 0 atom stereocenters. The van der Waals surface area contributed by atoms with Gasteiger partial charge in [0.25, 0.3) is 5.91 Å². The summed E-state index contributed by atoms with van der Waals surface area (Å²) in [7, 11) is 0. The van der Waals surface area contributed by atoms with Crippen molar-refractivity contribution in [1.29, 1.82) is 0 Å². The predicted octanol–water partition coefficient (Wildman–Crippen LogP) is 6.32. The van der Waals surface area contributed by atoms with E-state index >= 15 is 0 Å². The van der Waals surface area contributed by atoms with Gasteiger partial charge in [0.1, 0.15) is 23.3 Å². The van der Waals surface area contributed by atoms with E-state index in [-0.39, 0.29) is 23.7 Å². The molecule has 0 radical (unpaired) electrons. The van der Waals surface area contributed by atoms with Gasteiger partial charge in [-0.25, -0.2) is 0 Å². The molecule has 5 rings (SSSR count). The van der Waals surface area contributed by atoms with Crippen molar-refractivity contribution in [3.05, 3.63) is 107 Å². The van der Waals surface area contributed by atoms with Crippen LogP contribution in [0.3, 0.4) is 0 Å². The van der Waals surface area contributed by atoms with Crippen LogP contribution in [0.5, 0.6) is 17.2 Å². The molecule has 0 unspecified atom stereocenters. The smallest absolute Gasteiger partial charge is 0.262 e. The minimum atomic E-state index is -0.292. The fourth-order valence-electron chi connectivity index (χ4n) is 3.78. The Morgan fingerprint density at radius 3 is 2.46 bits per heavy atom. The summed E-state index contributed by atoms with van der Waals surface area (Å²) in [6, 6.07) is 26.0. The van der Waals surface area contributed by atoms with Crippen molar-refractivity contribution in [1.82, 2.24) is 0 Å². The molecule has 0 saturated heterocycles. The molecule has 5 aromatic rings. The first kappa shape index (κ1) is 22.2. The predicted molar refractivity (Wildman–Crippen MR) is 136 cm³/mol. The Morgan fingerprint density at radius 1 is 0.886 bits per heavy atom. The zero-order valence-electron chi connectivity index (χ0n) is 19.1. The number of benzene rings is 4. The Kier molecular flexibility index (Phi) is 6.18. The molecule has 6 nitrogen and oxygen atoms in total. The lowest BCUT2D eigenvalue weighted by atomic mass is 10.1. The standard InChI is InChI=1S/C29H23NO5/c1-2-19-7-10-22(11-8-19)30-28(31)18-33-23-13-14-25-26(16-23)34-17-27(29(25)32)35-24-12-9-20-5-3-4-6-21(20)15-24/h3-17H,2,18H2,1H3,(H,30,31). The summed E-state index contributed by atoms with van der Waals surface area (Å²) in [4.78, 5) is 25.2. The molecular formula is C29H23NO5. The molecule has 1 amide bonds. The first-order valence-electron chi connectivity index (χ1n) is 11.3. The molecule has 1 aromatic heterocycles. The highest BCUT2D eigenvalue weighted by molar-refractivity contribution is 5.92. The van der Waals surface area contributed by atoms with Gasteiger partial charge in [0, 0.05) is 11.8 Å². The number of fused-ring (bicyclic) bond motifs is 2. The van der Waals surface area contributed by atoms with Gasteiger partial charge in [-0.1, -0.05) is 49.4 Å². The van der Waals surface area contributed by atoms with Crippen molar-refractivity contribution in [2.24, 2.45) is 0 Å². The van der Waals surface area contributed by atoms with Crippen LogP contribution in [0.1, 0.15) is 12.5 Å². The van der Waals surface area contributed by atoms with E-state index in [0.717, 1.165) is 17.2 Å². The van der Waals surface area contributed by atoms with E-state index in [1.165, 1.54) is 11.8 Å². The monoisotopic (exact) mass is 465 g/mol. The van der Waals surface area contributed by atoms with Crippen LogP contribution in [-0.4, -0.2) is 12.5 Å². The maximum Gasteiger partial charge on any atom is 0.262 e. The van der Waals surface area contributed by atoms with E-state index in [0.29, 0.717) is 28.2 Å². The minimum Gasteiger partial charge on any atom is -0.484 e. The Bertz CT molecular complexity index is 1570. The molecule has 0 aliphatic rings. The van der Waals surface area contributed by atoms with Crippen LogP contribution in [-0.2, 0) is 11.2 Å². The maximum atomic E-state index is 12.9. The zero-order valence-corrected chi connectivity index (χ0v) is 19.1. The molecule has 35 heavy (non-hydrogen) atoms. The van der Waals surface area contributed by atoms with Crippen LogP contribution in [0.4, 0.5) is 5.69 Å². The Balaban J connectivity index is 1.27. The second-order valence-corrected chi connectivity index (χ2v) is 8.09. The lowest BCUT2D eigenvalue weighted by Crippen LogP contribution is -2.20. The summed E-state index contributed by atoms with van der Waals surface area (Å²) in [6.45, 7) is 1.90. The van der Waals surface area contributed by atoms with Crippen LogP contribution >= 0.6 is 0 Å². The number of aryl methyl sites for hydroxylation is 1. The van der Waals surface area contributed by atoms with Gasteiger partial charge in [-0.3, -0.25) is 9.59 Å². The lowest BCUT2D eigenvalue weighted by Gasteiger charge is -2.09. The van der Waals surface area contributed by atoms with Crippen molar-refractivity contribution >= 4 is 33.3 Å². The van der Waals surface area contributed by atoms with Gasteiger partial charge >= 0.3 is 0 Å². The third-order valence-corrected chi connectivity index (χ3v) is 5.68. The van der Waals surface area contributed by atoms with Crippen LogP contribution in [0.25, 0.3) is 21.7 Å². The molecule has 0 aliphatic heterocycles. The molecule has 1 N–H and O–H groups in total. The summed E-state index contributed by atoms with van der Waals surface area (Å²) >= 11 is 0. The van der Waals surface area contributed by atoms with Crippen LogP contribution < -0.4 is 20.2 Å². The van der Waals surface area contributed by atoms with Crippen molar-refractivity contribution in [3.63, 3.8) is 0 Å². The second-order valence-electron chi connectivity index (χ2n) is 8.09. The van der Waals surface area contributed by atoms with Crippen molar-refractivity contribution in [2.75, 3.05) is 11.9 Å². The molecule has 6 heteroatoms. The number of nitrogens with one attached hydrogen (secondary N) is 1. The van der Waals surface area contributed by atoms with Crippen LogP contribution in [0, 0.1) is 0 Å². The molecule has 1 heterocycles. The molecule has 0 fully saturated rings. The highest BCUT2D eigenvalue weighted by atomic mass is 16.5. The summed E-state index contributed by atoms with van der Waals surface area (Å²) in [5.74, 6) is 0.774. The number of carbonyl (C=O) groups excluding carboxylic acids is 1. The first-order valence-corrected chi connectivity index (χ1v) is 11.3.